The zero-order valence-electron chi connectivity index (χ0n) is 11.7. The standard InChI is InChI=1S/C15H20Cl2N2O/c1-11-3-2-8-19(10-11)15(20)6-7-18-12-4-5-13(16)14(17)9-12/h4-5,9,11,18H,2-3,6-8,10H2,1H3. The van der Waals surface area contributed by atoms with Crippen molar-refractivity contribution in [2.45, 2.75) is 26.2 Å². The number of nitrogens with zero attached hydrogens (tertiary/aromatic N) is 1. The largest absolute Gasteiger partial charge is 0.384 e. The van der Waals surface area contributed by atoms with E-state index in [0.717, 1.165) is 25.2 Å². The summed E-state index contributed by atoms with van der Waals surface area (Å²) in [7, 11) is 0. The number of carbonyl (C=O) groups excluding carboxylic acids is 1. The summed E-state index contributed by atoms with van der Waals surface area (Å²) in [5.41, 5.74) is 0.888. The Labute approximate surface area is 130 Å². The number of carbonyl (C=O) groups is 1. The van der Waals surface area contributed by atoms with Crippen LogP contribution in [0, 0.1) is 5.92 Å². The lowest BCUT2D eigenvalue weighted by Gasteiger charge is -2.31. The van der Waals surface area contributed by atoms with Crippen molar-refractivity contribution in [2.75, 3.05) is 25.0 Å². The Morgan fingerprint density at radius 1 is 1.40 bits per heavy atom. The highest BCUT2D eigenvalue weighted by Gasteiger charge is 2.20. The summed E-state index contributed by atoms with van der Waals surface area (Å²) in [5.74, 6) is 0.847. The van der Waals surface area contributed by atoms with Crippen molar-refractivity contribution >= 4 is 34.8 Å². The average molecular weight is 315 g/mol. The number of hydrogen-bond donors (Lipinski definition) is 1. The number of piperidine rings is 1. The summed E-state index contributed by atoms with van der Waals surface area (Å²) < 4.78 is 0. The minimum absolute atomic E-state index is 0.226. The lowest BCUT2D eigenvalue weighted by molar-refractivity contribution is -0.132. The molecular formula is C15H20Cl2N2O. The smallest absolute Gasteiger partial charge is 0.224 e. The maximum Gasteiger partial charge on any atom is 0.224 e. The van der Waals surface area contributed by atoms with Gasteiger partial charge in [-0.2, -0.15) is 0 Å². The molecule has 5 heteroatoms. The molecule has 1 heterocycles. The average Bonchev–Trinajstić information content (AvgIpc) is 2.42. The number of benzene rings is 1. The van der Waals surface area contributed by atoms with E-state index < -0.39 is 0 Å². The zero-order chi connectivity index (χ0) is 14.5. The maximum absolute atomic E-state index is 12.1. The van der Waals surface area contributed by atoms with Crippen LogP contribution in [0.25, 0.3) is 0 Å². The van der Waals surface area contributed by atoms with Crippen LogP contribution in [-0.2, 0) is 4.79 Å². The molecule has 0 saturated carbocycles. The zero-order valence-corrected chi connectivity index (χ0v) is 13.2. The van der Waals surface area contributed by atoms with Gasteiger partial charge in [0, 0.05) is 31.7 Å². The third-order valence-corrected chi connectivity index (χ3v) is 4.34. The molecule has 1 aliphatic heterocycles. The molecule has 1 atom stereocenters. The molecule has 20 heavy (non-hydrogen) atoms. The first-order chi connectivity index (χ1) is 9.56. The molecule has 1 N–H and O–H groups in total. The number of hydrogen-bond acceptors (Lipinski definition) is 2. The Morgan fingerprint density at radius 2 is 2.20 bits per heavy atom. The van der Waals surface area contributed by atoms with E-state index in [-0.39, 0.29) is 5.91 Å². The summed E-state index contributed by atoms with van der Waals surface area (Å²) in [5, 5.41) is 4.26. The first kappa shape index (κ1) is 15.5. The monoisotopic (exact) mass is 314 g/mol. The van der Waals surface area contributed by atoms with E-state index in [2.05, 4.69) is 12.2 Å². The molecule has 1 aliphatic rings. The SMILES string of the molecule is CC1CCCN(C(=O)CCNc2ccc(Cl)c(Cl)c2)C1. The van der Waals surface area contributed by atoms with Crippen molar-refractivity contribution < 1.29 is 4.79 Å². The fraction of sp³-hybridized carbons (Fsp3) is 0.533. The number of nitrogens with one attached hydrogen (secondary N) is 1. The van der Waals surface area contributed by atoms with E-state index in [1.165, 1.54) is 6.42 Å². The predicted octanol–water partition coefficient (Wildman–Crippen LogP) is 4.05. The molecule has 1 fully saturated rings. The Balaban J connectivity index is 1.77. The second-order valence-electron chi connectivity index (χ2n) is 5.39. The topological polar surface area (TPSA) is 32.3 Å². The number of anilines is 1. The highest BCUT2D eigenvalue weighted by molar-refractivity contribution is 6.42. The van der Waals surface area contributed by atoms with Crippen LogP contribution in [0.1, 0.15) is 26.2 Å². The molecule has 0 aliphatic carbocycles. The molecule has 1 amide bonds. The van der Waals surface area contributed by atoms with Gasteiger partial charge in [-0.3, -0.25) is 4.79 Å². The third-order valence-electron chi connectivity index (χ3n) is 3.60. The molecule has 1 saturated heterocycles. The van der Waals surface area contributed by atoms with Gasteiger partial charge in [0.2, 0.25) is 5.91 Å². The summed E-state index contributed by atoms with van der Waals surface area (Å²) in [6.07, 6.45) is 2.85. The molecule has 1 unspecified atom stereocenters. The predicted molar refractivity (Wildman–Crippen MR) is 84.5 cm³/mol. The van der Waals surface area contributed by atoms with Gasteiger partial charge >= 0.3 is 0 Å². The van der Waals surface area contributed by atoms with Crippen molar-refractivity contribution in [1.82, 2.24) is 4.90 Å². The summed E-state index contributed by atoms with van der Waals surface area (Å²) in [6.45, 7) is 4.61. The molecule has 1 aromatic carbocycles. The van der Waals surface area contributed by atoms with Crippen LogP contribution in [0.3, 0.4) is 0 Å². The molecule has 1 aromatic rings. The molecule has 0 radical (unpaired) electrons. The van der Waals surface area contributed by atoms with Crippen LogP contribution in [0.15, 0.2) is 18.2 Å². The van der Waals surface area contributed by atoms with Crippen LogP contribution < -0.4 is 5.32 Å². The fourth-order valence-electron chi connectivity index (χ4n) is 2.49. The van der Waals surface area contributed by atoms with Crippen molar-refractivity contribution in [3.8, 4) is 0 Å². The molecular weight excluding hydrogens is 295 g/mol. The first-order valence-electron chi connectivity index (χ1n) is 7.03. The molecule has 3 nitrogen and oxygen atoms in total. The van der Waals surface area contributed by atoms with Gasteiger partial charge in [0.1, 0.15) is 0 Å². The normalized spacial score (nSPS) is 18.9. The van der Waals surface area contributed by atoms with Crippen molar-refractivity contribution in [3.63, 3.8) is 0 Å². The van der Waals surface area contributed by atoms with E-state index in [0.29, 0.717) is 28.9 Å². The lowest BCUT2D eigenvalue weighted by Crippen LogP contribution is -2.39. The molecule has 2 rings (SSSR count). The van der Waals surface area contributed by atoms with Crippen LogP contribution >= 0.6 is 23.2 Å². The van der Waals surface area contributed by atoms with Crippen LogP contribution in [0.5, 0.6) is 0 Å². The maximum atomic E-state index is 12.1. The highest BCUT2D eigenvalue weighted by Crippen LogP contribution is 2.25. The number of likely N-dealkylation sites (tertiary alicyclic amines) is 1. The van der Waals surface area contributed by atoms with Crippen LogP contribution in [0.2, 0.25) is 10.0 Å². The minimum Gasteiger partial charge on any atom is -0.384 e. The third kappa shape index (κ3) is 4.29. The van der Waals surface area contributed by atoms with Gasteiger partial charge in [-0.25, -0.2) is 0 Å². The molecule has 0 aromatic heterocycles. The van der Waals surface area contributed by atoms with Gasteiger partial charge in [0.25, 0.3) is 0 Å². The minimum atomic E-state index is 0.226. The van der Waals surface area contributed by atoms with E-state index in [9.17, 15) is 4.79 Å². The van der Waals surface area contributed by atoms with E-state index in [1.807, 2.05) is 11.0 Å². The summed E-state index contributed by atoms with van der Waals surface area (Å²) in [4.78, 5) is 14.1. The summed E-state index contributed by atoms with van der Waals surface area (Å²) in [6, 6.07) is 5.39. The number of halogens is 2. The Kier molecular flexibility index (Phi) is 5.55. The van der Waals surface area contributed by atoms with Gasteiger partial charge in [-0.15, -0.1) is 0 Å². The van der Waals surface area contributed by atoms with Gasteiger partial charge in [0.05, 0.1) is 10.0 Å². The quantitative estimate of drug-likeness (QED) is 0.909. The van der Waals surface area contributed by atoms with Gasteiger partial charge in [-0.05, 0) is 37.0 Å². The number of rotatable bonds is 4. The van der Waals surface area contributed by atoms with Crippen molar-refractivity contribution in [2.24, 2.45) is 5.92 Å². The van der Waals surface area contributed by atoms with Gasteiger partial charge in [-0.1, -0.05) is 30.1 Å². The molecule has 0 spiro atoms. The second kappa shape index (κ2) is 7.19. The van der Waals surface area contributed by atoms with Crippen molar-refractivity contribution in [3.05, 3.63) is 28.2 Å². The van der Waals surface area contributed by atoms with E-state index in [1.54, 1.807) is 12.1 Å². The highest BCUT2D eigenvalue weighted by atomic mass is 35.5. The summed E-state index contributed by atoms with van der Waals surface area (Å²) >= 11 is 11.8. The molecule has 110 valence electrons. The molecule has 0 bridgehead atoms. The Morgan fingerprint density at radius 3 is 2.90 bits per heavy atom. The van der Waals surface area contributed by atoms with Gasteiger partial charge < -0.3 is 10.2 Å². The number of amides is 1. The van der Waals surface area contributed by atoms with Crippen LogP contribution in [0.4, 0.5) is 5.69 Å². The lowest BCUT2D eigenvalue weighted by atomic mass is 10.00. The van der Waals surface area contributed by atoms with Crippen molar-refractivity contribution in [1.29, 1.82) is 0 Å². The Bertz CT molecular complexity index is 479. The first-order valence-corrected chi connectivity index (χ1v) is 7.78. The Hall–Kier alpha value is -0.930. The van der Waals surface area contributed by atoms with E-state index >= 15 is 0 Å². The van der Waals surface area contributed by atoms with E-state index in [4.69, 9.17) is 23.2 Å². The van der Waals surface area contributed by atoms with Gasteiger partial charge in [0.15, 0.2) is 0 Å². The van der Waals surface area contributed by atoms with Crippen LogP contribution in [-0.4, -0.2) is 30.4 Å². The second-order valence-corrected chi connectivity index (χ2v) is 6.21. The fourth-order valence-corrected chi connectivity index (χ4v) is 2.79.